The summed E-state index contributed by atoms with van der Waals surface area (Å²) in [5, 5.41) is 19.4. The first kappa shape index (κ1) is 16.9. The summed E-state index contributed by atoms with van der Waals surface area (Å²) >= 11 is 0. The van der Waals surface area contributed by atoms with E-state index in [-0.39, 0.29) is 11.8 Å². The number of carboxylic acid groups (broad SMARTS) is 2. The smallest absolute Gasteiger partial charge is 0.311 e. The van der Waals surface area contributed by atoms with E-state index >= 15 is 0 Å². The van der Waals surface area contributed by atoms with Crippen LogP contribution in [0.5, 0.6) is 0 Å². The molecule has 4 nitrogen and oxygen atoms in total. The van der Waals surface area contributed by atoms with Crippen LogP contribution < -0.4 is 0 Å². The first-order valence-corrected chi connectivity index (χ1v) is 6.61. The summed E-state index contributed by atoms with van der Waals surface area (Å²) in [4.78, 5) is 23.7. The van der Waals surface area contributed by atoms with Gasteiger partial charge < -0.3 is 10.2 Å². The molecule has 0 radical (unpaired) electrons. The first-order valence-electron chi connectivity index (χ1n) is 6.61. The average molecular weight is 258 g/mol. The van der Waals surface area contributed by atoms with E-state index in [0.717, 1.165) is 0 Å². The number of hydrogen-bond donors (Lipinski definition) is 2. The molecule has 0 aliphatic rings. The van der Waals surface area contributed by atoms with E-state index in [2.05, 4.69) is 0 Å². The third-order valence-electron chi connectivity index (χ3n) is 4.58. The minimum absolute atomic E-state index is 0.244. The molecule has 18 heavy (non-hydrogen) atoms. The van der Waals surface area contributed by atoms with E-state index in [0.29, 0.717) is 12.8 Å². The number of rotatable bonds is 7. The van der Waals surface area contributed by atoms with E-state index in [9.17, 15) is 19.8 Å². The Morgan fingerprint density at radius 3 is 1.28 bits per heavy atom. The fourth-order valence-electron chi connectivity index (χ4n) is 3.78. The maximum absolute atomic E-state index is 11.9. The molecule has 106 valence electrons. The second-order valence-corrected chi connectivity index (χ2v) is 5.58. The van der Waals surface area contributed by atoms with Crippen LogP contribution >= 0.6 is 0 Å². The Balaban J connectivity index is 6.28. The molecule has 0 fully saturated rings. The van der Waals surface area contributed by atoms with Gasteiger partial charge in [-0.25, -0.2) is 0 Å². The molecule has 0 saturated heterocycles. The Kier molecular flexibility index (Phi) is 5.38. The molecule has 0 saturated carbocycles. The summed E-state index contributed by atoms with van der Waals surface area (Å²) in [5.74, 6) is -2.49. The van der Waals surface area contributed by atoms with Gasteiger partial charge in [0.25, 0.3) is 0 Å². The van der Waals surface area contributed by atoms with E-state index in [1.54, 1.807) is 41.5 Å². The maximum Gasteiger partial charge on any atom is 0.311 e. The molecule has 4 heteroatoms. The molecule has 0 aromatic rings. The monoisotopic (exact) mass is 258 g/mol. The molecule has 0 atom stereocenters. The molecule has 0 aliphatic carbocycles. The lowest BCUT2D eigenvalue weighted by molar-refractivity contribution is -0.187. The molecular weight excluding hydrogens is 232 g/mol. The van der Waals surface area contributed by atoms with Crippen LogP contribution in [-0.2, 0) is 9.59 Å². The van der Waals surface area contributed by atoms with Crippen molar-refractivity contribution in [2.75, 3.05) is 0 Å². The van der Waals surface area contributed by atoms with Crippen molar-refractivity contribution >= 4 is 11.9 Å². The van der Waals surface area contributed by atoms with Crippen molar-refractivity contribution in [3.8, 4) is 0 Å². The van der Waals surface area contributed by atoms with E-state index in [4.69, 9.17) is 0 Å². The number of hydrogen-bond acceptors (Lipinski definition) is 2. The Hall–Kier alpha value is -1.06. The fourth-order valence-corrected chi connectivity index (χ4v) is 3.78. The highest BCUT2D eigenvalue weighted by molar-refractivity contribution is 5.87. The van der Waals surface area contributed by atoms with Gasteiger partial charge in [0, 0.05) is 0 Å². The Morgan fingerprint density at radius 2 is 1.22 bits per heavy atom. The number of carbonyl (C=O) groups is 2. The zero-order valence-electron chi connectivity index (χ0n) is 12.3. The summed E-state index contributed by atoms with van der Waals surface area (Å²) in [6.45, 7) is 10.7. The van der Waals surface area contributed by atoms with Crippen LogP contribution in [0.1, 0.15) is 54.4 Å². The van der Waals surface area contributed by atoms with Gasteiger partial charge in [0.05, 0.1) is 10.8 Å². The van der Waals surface area contributed by atoms with Gasteiger partial charge in [0.15, 0.2) is 0 Å². The summed E-state index contributed by atoms with van der Waals surface area (Å²) in [5.41, 5.74) is -2.47. The van der Waals surface area contributed by atoms with Gasteiger partial charge >= 0.3 is 11.9 Å². The van der Waals surface area contributed by atoms with Crippen molar-refractivity contribution < 1.29 is 19.8 Å². The fraction of sp³-hybridized carbons (Fsp3) is 0.857. The zero-order chi connectivity index (χ0) is 14.7. The van der Waals surface area contributed by atoms with Crippen LogP contribution in [0.25, 0.3) is 0 Å². The zero-order valence-corrected chi connectivity index (χ0v) is 12.3. The van der Waals surface area contributed by atoms with Crippen LogP contribution in [0.3, 0.4) is 0 Å². The van der Waals surface area contributed by atoms with Crippen LogP contribution in [0, 0.1) is 22.7 Å². The molecule has 0 spiro atoms. The van der Waals surface area contributed by atoms with E-state index in [1.807, 2.05) is 0 Å². The average Bonchev–Trinajstić information content (AvgIpc) is 2.23. The van der Waals surface area contributed by atoms with Crippen molar-refractivity contribution in [2.24, 2.45) is 22.7 Å². The van der Waals surface area contributed by atoms with Crippen LogP contribution in [0.15, 0.2) is 0 Å². The largest absolute Gasteiger partial charge is 0.481 e. The quantitative estimate of drug-likeness (QED) is 0.735. The molecule has 0 aromatic carbocycles. The summed E-state index contributed by atoms with van der Waals surface area (Å²) in [6.07, 6.45) is 0.642. The van der Waals surface area contributed by atoms with Crippen LogP contribution in [0.4, 0.5) is 0 Å². The number of aliphatic carboxylic acids is 2. The highest BCUT2D eigenvalue weighted by Gasteiger charge is 2.62. The Morgan fingerprint density at radius 1 is 0.889 bits per heavy atom. The van der Waals surface area contributed by atoms with Gasteiger partial charge in [0.1, 0.15) is 0 Å². The van der Waals surface area contributed by atoms with Gasteiger partial charge in [-0.3, -0.25) is 9.59 Å². The predicted molar refractivity (Wildman–Crippen MR) is 70.4 cm³/mol. The first-order chi connectivity index (χ1) is 8.14. The van der Waals surface area contributed by atoms with Crippen molar-refractivity contribution in [1.29, 1.82) is 0 Å². The third kappa shape index (κ3) is 2.02. The Bertz CT molecular complexity index is 306. The molecule has 0 bridgehead atoms. The minimum atomic E-state index is -1.25. The molecule has 0 rings (SSSR count). The molecule has 0 amide bonds. The molecule has 0 aliphatic heterocycles. The molecular formula is C14H26O4. The lowest BCUT2D eigenvalue weighted by Gasteiger charge is -2.49. The van der Waals surface area contributed by atoms with Crippen LogP contribution in [-0.4, -0.2) is 22.2 Å². The van der Waals surface area contributed by atoms with Crippen molar-refractivity contribution in [3.05, 3.63) is 0 Å². The normalized spacial score (nSPS) is 13.1. The van der Waals surface area contributed by atoms with Gasteiger partial charge in [0.2, 0.25) is 0 Å². The van der Waals surface area contributed by atoms with Crippen molar-refractivity contribution in [3.63, 3.8) is 0 Å². The molecule has 2 N–H and O–H groups in total. The van der Waals surface area contributed by atoms with E-state index < -0.39 is 22.8 Å². The van der Waals surface area contributed by atoms with Gasteiger partial charge in [-0.15, -0.1) is 0 Å². The molecule has 0 unspecified atom stereocenters. The third-order valence-corrected chi connectivity index (χ3v) is 4.58. The SMILES string of the molecule is CCC(CC)(C(=O)O)C(C(=O)O)(C(C)C)C(C)C. The number of carboxylic acids is 2. The van der Waals surface area contributed by atoms with Crippen LogP contribution in [0.2, 0.25) is 0 Å². The van der Waals surface area contributed by atoms with Crippen molar-refractivity contribution in [2.45, 2.75) is 54.4 Å². The second-order valence-electron chi connectivity index (χ2n) is 5.58. The summed E-state index contributed by atoms with van der Waals surface area (Å²) < 4.78 is 0. The second kappa shape index (κ2) is 5.72. The van der Waals surface area contributed by atoms with Gasteiger partial charge in [-0.2, -0.15) is 0 Å². The highest BCUT2D eigenvalue weighted by Crippen LogP contribution is 2.55. The predicted octanol–water partition coefficient (Wildman–Crippen LogP) is 3.26. The topological polar surface area (TPSA) is 74.6 Å². The maximum atomic E-state index is 11.9. The molecule has 0 aromatic heterocycles. The Labute approximate surface area is 109 Å². The van der Waals surface area contributed by atoms with Crippen molar-refractivity contribution in [1.82, 2.24) is 0 Å². The lowest BCUT2D eigenvalue weighted by atomic mass is 9.51. The lowest BCUT2D eigenvalue weighted by Crippen LogP contribution is -2.58. The van der Waals surface area contributed by atoms with Gasteiger partial charge in [-0.1, -0.05) is 41.5 Å². The minimum Gasteiger partial charge on any atom is -0.481 e. The highest BCUT2D eigenvalue weighted by atomic mass is 16.4. The van der Waals surface area contributed by atoms with Gasteiger partial charge in [-0.05, 0) is 24.7 Å². The summed E-state index contributed by atoms with van der Waals surface area (Å²) in [7, 11) is 0. The summed E-state index contributed by atoms with van der Waals surface area (Å²) in [6, 6.07) is 0. The van der Waals surface area contributed by atoms with E-state index in [1.165, 1.54) is 0 Å². The molecule has 0 heterocycles. The standard InChI is InChI=1S/C14H26O4/c1-7-13(8-2,11(15)16)14(9(3)4,10(5)6)12(17)18/h9-10H,7-8H2,1-6H3,(H,15,16)(H,17,18).